The van der Waals surface area contributed by atoms with E-state index >= 15 is 0 Å². The van der Waals surface area contributed by atoms with Crippen molar-refractivity contribution in [3.8, 4) is 0 Å². The molecular weight excluding hydrogens is 200 g/mol. The number of amides is 1. The number of hydrogen-bond donors (Lipinski definition) is 1. The van der Waals surface area contributed by atoms with Gasteiger partial charge in [0.15, 0.2) is 0 Å². The molecule has 0 aromatic heterocycles. The van der Waals surface area contributed by atoms with Gasteiger partial charge in [-0.2, -0.15) is 0 Å². The summed E-state index contributed by atoms with van der Waals surface area (Å²) in [7, 11) is 3.98. The van der Waals surface area contributed by atoms with E-state index in [0.717, 1.165) is 23.2 Å². The number of carbonyl (C=O) groups is 1. The van der Waals surface area contributed by atoms with E-state index in [0.29, 0.717) is 6.54 Å². The standard InChI is InChI=1S/C13H20N2O/c1-10-7-11(2)9-12(8-10)13(16)14-5-6-15(3)4/h7-9H,5-6H2,1-4H3,(H,14,16). The van der Waals surface area contributed by atoms with Crippen LogP contribution in [0.15, 0.2) is 18.2 Å². The van der Waals surface area contributed by atoms with Crippen LogP contribution in [0, 0.1) is 13.8 Å². The summed E-state index contributed by atoms with van der Waals surface area (Å²) in [4.78, 5) is 13.8. The largest absolute Gasteiger partial charge is 0.351 e. The van der Waals surface area contributed by atoms with Crippen LogP contribution in [0.1, 0.15) is 21.5 Å². The number of hydrogen-bond acceptors (Lipinski definition) is 2. The summed E-state index contributed by atoms with van der Waals surface area (Å²) >= 11 is 0. The molecule has 3 heteroatoms. The molecule has 3 nitrogen and oxygen atoms in total. The third kappa shape index (κ3) is 4.03. The highest BCUT2D eigenvalue weighted by atomic mass is 16.1. The fourth-order valence-electron chi connectivity index (χ4n) is 1.60. The number of aryl methyl sites for hydroxylation is 2. The first-order valence-electron chi connectivity index (χ1n) is 5.50. The Morgan fingerprint density at radius 3 is 2.25 bits per heavy atom. The Morgan fingerprint density at radius 2 is 1.75 bits per heavy atom. The molecule has 0 atom stereocenters. The van der Waals surface area contributed by atoms with Crippen molar-refractivity contribution in [3.05, 3.63) is 34.9 Å². The van der Waals surface area contributed by atoms with Gasteiger partial charge in [0.1, 0.15) is 0 Å². The summed E-state index contributed by atoms with van der Waals surface area (Å²) in [6.45, 7) is 5.54. The lowest BCUT2D eigenvalue weighted by Gasteiger charge is -2.11. The predicted octanol–water partition coefficient (Wildman–Crippen LogP) is 1.59. The molecule has 0 aliphatic carbocycles. The molecule has 0 bridgehead atoms. The molecule has 88 valence electrons. The predicted molar refractivity (Wildman–Crippen MR) is 66.8 cm³/mol. The number of nitrogens with zero attached hydrogens (tertiary/aromatic N) is 1. The molecule has 1 amide bonds. The summed E-state index contributed by atoms with van der Waals surface area (Å²) in [5.41, 5.74) is 2.99. The van der Waals surface area contributed by atoms with Crippen molar-refractivity contribution >= 4 is 5.91 Å². The lowest BCUT2D eigenvalue weighted by molar-refractivity contribution is 0.0951. The normalized spacial score (nSPS) is 10.6. The van der Waals surface area contributed by atoms with Crippen LogP contribution in [0.4, 0.5) is 0 Å². The molecule has 0 saturated heterocycles. The number of carbonyl (C=O) groups excluding carboxylic acids is 1. The Hall–Kier alpha value is -1.35. The van der Waals surface area contributed by atoms with Crippen molar-refractivity contribution in [1.82, 2.24) is 10.2 Å². The first kappa shape index (κ1) is 12.7. The summed E-state index contributed by atoms with van der Waals surface area (Å²) in [6.07, 6.45) is 0. The van der Waals surface area contributed by atoms with Crippen LogP contribution in [0.25, 0.3) is 0 Å². The molecule has 0 heterocycles. The second kappa shape index (κ2) is 5.66. The van der Waals surface area contributed by atoms with E-state index < -0.39 is 0 Å². The van der Waals surface area contributed by atoms with Gasteiger partial charge in [0.25, 0.3) is 5.91 Å². The Morgan fingerprint density at radius 1 is 1.19 bits per heavy atom. The molecule has 1 aromatic carbocycles. The lowest BCUT2D eigenvalue weighted by Crippen LogP contribution is -2.31. The molecule has 1 rings (SSSR count). The second-order valence-electron chi connectivity index (χ2n) is 4.44. The topological polar surface area (TPSA) is 32.3 Å². The van der Waals surface area contributed by atoms with Crippen molar-refractivity contribution in [2.75, 3.05) is 27.2 Å². The second-order valence-corrected chi connectivity index (χ2v) is 4.44. The van der Waals surface area contributed by atoms with Gasteiger partial charge in [0, 0.05) is 18.7 Å². The van der Waals surface area contributed by atoms with Crippen LogP contribution in [0.3, 0.4) is 0 Å². The van der Waals surface area contributed by atoms with Gasteiger partial charge >= 0.3 is 0 Å². The Labute approximate surface area is 97.5 Å². The van der Waals surface area contributed by atoms with E-state index in [1.54, 1.807) is 0 Å². The van der Waals surface area contributed by atoms with E-state index in [1.165, 1.54) is 0 Å². The van der Waals surface area contributed by atoms with E-state index in [-0.39, 0.29) is 5.91 Å². The zero-order chi connectivity index (χ0) is 12.1. The van der Waals surface area contributed by atoms with E-state index in [1.807, 2.05) is 45.0 Å². The molecule has 0 unspecified atom stereocenters. The number of rotatable bonds is 4. The molecule has 1 aromatic rings. The highest BCUT2D eigenvalue weighted by Gasteiger charge is 2.05. The molecule has 1 N–H and O–H groups in total. The third-order valence-electron chi connectivity index (χ3n) is 2.33. The first-order valence-corrected chi connectivity index (χ1v) is 5.50. The van der Waals surface area contributed by atoms with Crippen molar-refractivity contribution in [1.29, 1.82) is 0 Å². The van der Waals surface area contributed by atoms with E-state index in [2.05, 4.69) is 11.4 Å². The zero-order valence-electron chi connectivity index (χ0n) is 10.5. The minimum atomic E-state index is 0.00801. The van der Waals surface area contributed by atoms with Gasteiger partial charge in [-0.05, 0) is 40.1 Å². The highest BCUT2D eigenvalue weighted by molar-refractivity contribution is 5.94. The molecule has 0 aliphatic rings. The number of nitrogens with one attached hydrogen (secondary N) is 1. The molecule has 0 radical (unpaired) electrons. The summed E-state index contributed by atoms with van der Waals surface area (Å²) in [5, 5.41) is 2.90. The van der Waals surface area contributed by atoms with Crippen LogP contribution in [-0.2, 0) is 0 Å². The molecular formula is C13H20N2O. The van der Waals surface area contributed by atoms with Crippen molar-refractivity contribution in [2.24, 2.45) is 0 Å². The SMILES string of the molecule is Cc1cc(C)cc(C(=O)NCCN(C)C)c1. The van der Waals surface area contributed by atoms with Gasteiger partial charge in [0.05, 0.1) is 0 Å². The van der Waals surface area contributed by atoms with Crippen LogP contribution in [0.2, 0.25) is 0 Å². The molecule has 0 spiro atoms. The van der Waals surface area contributed by atoms with Crippen LogP contribution in [-0.4, -0.2) is 38.0 Å². The highest BCUT2D eigenvalue weighted by Crippen LogP contribution is 2.08. The van der Waals surface area contributed by atoms with Gasteiger partial charge in [-0.25, -0.2) is 0 Å². The summed E-state index contributed by atoms with van der Waals surface area (Å²) in [5.74, 6) is 0.00801. The van der Waals surface area contributed by atoms with Crippen LogP contribution >= 0.6 is 0 Å². The maximum atomic E-state index is 11.8. The average Bonchev–Trinajstić information content (AvgIpc) is 2.15. The van der Waals surface area contributed by atoms with Crippen LogP contribution in [0.5, 0.6) is 0 Å². The quantitative estimate of drug-likeness (QED) is 0.836. The van der Waals surface area contributed by atoms with E-state index in [4.69, 9.17) is 0 Å². The molecule has 16 heavy (non-hydrogen) atoms. The minimum absolute atomic E-state index is 0.00801. The van der Waals surface area contributed by atoms with Gasteiger partial charge in [-0.15, -0.1) is 0 Å². The van der Waals surface area contributed by atoms with Crippen molar-refractivity contribution in [3.63, 3.8) is 0 Å². The smallest absolute Gasteiger partial charge is 0.251 e. The Bertz CT molecular complexity index is 352. The Balaban J connectivity index is 2.59. The fraction of sp³-hybridized carbons (Fsp3) is 0.462. The maximum Gasteiger partial charge on any atom is 0.251 e. The van der Waals surface area contributed by atoms with Gasteiger partial charge in [0.2, 0.25) is 0 Å². The number of benzene rings is 1. The monoisotopic (exact) mass is 220 g/mol. The van der Waals surface area contributed by atoms with Gasteiger partial charge < -0.3 is 10.2 Å². The molecule has 0 aliphatic heterocycles. The minimum Gasteiger partial charge on any atom is -0.351 e. The maximum absolute atomic E-state index is 11.8. The summed E-state index contributed by atoms with van der Waals surface area (Å²) < 4.78 is 0. The van der Waals surface area contributed by atoms with E-state index in [9.17, 15) is 4.79 Å². The van der Waals surface area contributed by atoms with Crippen LogP contribution < -0.4 is 5.32 Å². The Kier molecular flexibility index (Phi) is 4.50. The first-order chi connectivity index (χ1) is 7.49. The zero-order valence-corrected chi connectivity index (χ0v) is 10.5. The summed E-state index contributed by atoms with van der Waals surface area (Å²) in [6, 6.07) is 5.90. The average molecular weight is 220 g/mol. The fourth-order valence-corrected chi connectivity index (χ4v) is 1.60. The molecule has 0 fully saturated rings. The number of likely N-dealkylation sites (N-methyl/N-ethyl adjacent to an activating group) is 1. The van der Waals surface area contributed by atoms with Crippen molar-refractivity contribution in [2.45, 2.75) is 13.8 Å². The van der Waals surface area contributed by atoms with Gasteiger partial charge in [-0.1, -0.05) is 17.2 Å². The van der Waals surface area contributed by atoms with Gasteiger partial charge in [-0.3, -0.25) is 4.79 Å². The third-order valence-corrected chi connectivity index (χ3v) is 2.33. The molecule has 0 saturated carbocycles. The lowest BCUT2D eigenvalue weighted by atomic mass is 10.1. The van der Waals surface area contributed by atoms with Crippen molar-refractivity contribution < 1.29 is 4.79 Å².